The lowest BCUT2D eigenvalue weighted by Gasteiger charge is -2.22. The Bertz CT molecular complexity index is 1360. The molecule has 42 heavy (non-hydrogen) atoms. The third kappa shape index (κ3) is 6.87. The molecule has 2 aliphatic rings. The Balaban J connectivity index is 1.22. The van der Waals surface area contributed by atoms with Gasteiger partial charge >= 0.3 is 0 Å². The topological polar surface area (TPSA) is 112 Å². The van der Waals surface area contributed by atoms with Crippen molar-refractivity contribution < 1.29 is 19.2 Å². The molecule has 1 aromatic heterocycles. The molecule has 9 nitrogen and oxygen atoms in total. The summed E-state index contributed by atoms with van der Waals surface area (Å²) in [4.78, 5) is 58.3. The summed E-state index contributed by atoms with van der Waals surface area (Å²) in [7, 11) is 0. The summed E-state index contributed by atoms with van der Waals surface area (Å²) < 4.78 is 0. The third-order valence-electron chi connectivity index (χ3n) is 8.01. The Morgan fingerprint density at radius 2 is 1.21 bits per heavy atom. The van der Waals surface area contributed by atoms with Crippen LogP contribution in [0.2, 0.25) is 0 Å². The molecule has 10 heteroatoms. The summed E-state index contributed by atoms with van der Waals surface area (Å²) in [5.41, 5.74) is 4.21. The van der Waals surface area contributed by atoms with Gasteiger partial charge in [0.1, 0.15) is 0 Å². The first-order valence-electron chi connectivity index (χ1n) is 14.5. The molecule has 3 heterocycles. The van der Waals surface area contributed by atoms with Crippen LogP contribution < -0.4 is 10.6 Å². The van der Waals surface area contributed by atoms with Crippen molar-refractivity contribution in [3.63, 3.8) is 0 Å². The largest absolute Gasteiger partial charge is 0.339 e. The second-order valence-corrected chi connectivity index (χ2v) is 12.3. The molecule has 5 rings (SSSR count). The van der Waals surface area contributed by atoms with Crippen molar-refractivity contribution in [2.24, 2.45) is 0 Å². The highest BCUT2D eigenvalue weighted by Gasteiger charge is 2.29. The monoisotopic (exact) mass is 587 g/mol. The lowest BCUT2D eigenvalue weighted by atomic mass is 10.1. The summed E-state index contributed by atoms with van der Waals surface area (Å²) in [5, 5.41) is 6.87. The fraction of sp³-hybridized carbons (Fsp3) is 0.406. The number of nitrogens with zero attached hydrogens (tertiary/aromatic N) is 3. The number of hydrogen-bond donors (Lipinski definition) is 2. The van der Waals surface area contributed by atoms with E-state index in [0.29, 0.717) is 24.2 Å². The molecule has 0 radical (unpaired) electrons. The second kappa shape index (κ2) is 12.9. The summed E-state index contributed by atoms with van der Waals surface area (Å²) >= 11 is 1.60. The number of nitrogens with one attached hydrogen (secondary N) is 2. The van der Waals surface area contributed by atoms with Crippen LogP contribution in [0.4, 0.5) is 11.4 Å². The molecule has 2 aromatic carbocycles. The summed E-state index contributed by atoms with van der Waals surface area (Å²) in [6.45, 7) is 6.52. The maximum absolute atomic E-state index is 12.7. The Morgan fingerprint density at radius 3 is 1.67 bits per heavy atom. The first-order chi connectivity index (χ1) is 20.2. The fourth-order valence-corrected chi connectivity index (χ4v) is 6.96. The van der Waals surface area contributed by atoms with Crippen LogP contribution in [0.15, 0.2) is 48.5 Å². The van der Waals surface area contributed by atoms with Gasteiger partial charge in [0.15, 0.2) is 0 Å². The molecule has 0 saturated carbocycles. The highest BCUT2D eigenvalue weighted by molar-refractivity contribution is 7.15. The molecule has 2 atom stereocenters. The average molecular weight is 588 g/mol. The lowest BCUT2D eigenvalue weighted by molar-refractivity contribution is -0.131. The molecule has 2 saturated heterocycles. The van der Waals surface area contributed by atoms with Crippen molar-refractivity contribution >= 4 is 46.3 Å². The minimum atomic E-state index is -0.0994. The van der Waals surface area contributed by atoms with Gasteiger partial charge in [0, 0.05) is 68.8 Å². The Kier molecular flexibility index (Phi) is 9.01. The minimum absolute atomic E-state index is 0.0185. The van der Waals surface area contributed by atoms with Crippen LogP contribution >= 0.6 is 11.3 Å². The van der Waals surface area contributed by atoms with Gasteiger partial charge in [0.05, 0.1) is 15.6 Å². The van der Waals surface area contributed by atoms with E-state index in [1.165, 1.54) is 0 Å². The second-order valence-electron chi connectivity index (χ2n) is 11.1. The zero-order valence-electron chi connectivity index (χ0n) is 24.3. The van der Waals surface area contributed by atoms with E-state index in [1.807, 2.05) is 55.5 Å². The van der Waals surface area contributed by atoms with E-state index < -0.39 is 0 Å². The Hall–Kier alpha value is -4.05. The summed E-state index contributed by atoms with van der Waals surface area (Å²) in [5.74, 6) is -0.157. The molecule has 220 valence electrons. The Labute approximate surface area is 250 Å². The van der Waals surface area contributed by atoms with E-state index in [2.05, 4.69) is 10.6 Å². The van der Waals surface area contributed by atoms with Gasteiger partial charge in [0.2, 0.25) is 23.6 Å². The highest BCUT2D eigenvalue weighted by atomic mass is 32.1. The van der Waals surface area contributed by atoms with E-state index >= 15 is 0 Å². The van der Waals surface area contributed by atoms with E-state index in [0.717, 1.165) is 65.5 Å². The molecule has 2 fully saturated rings. The third-order valence-corrected chi connectivity index (χ3v) is 9.03. The van der Waals surface area contributed by atoms with Crippen molar-refractivity contribution in [3.8, 4) is 21.7 Å². The standard InChI is InChI=1S/C32H37N5O4S/c1-20-33-31(23-8-12-25(13-9-23)34-29(40)18-27-6-4-16-36(27)21(2)38)32(42-20)24-10-14-26(15-11-24)35-30(41)19-28-7-5-17-37(28)22(3)39/h8-15,27-28H,4-7,16-19H2,1-3H3,(H,34,40)(H,35,41)/t27-,28-/m0/s1. The maximum Gasteiger partial charge on any atom is 0.226 e. The van der Waals surface area contributed by atoms with Gasteiger partial charge in [-0.25, -0.2) is 4.98 Å². The van der Waals surface area contributed by atoms with Gasteiger partial charge in [-0.1, -0.05) is 24.3 Å². The molecule has 0 spiro atoms. The van der Waals surface area contributed by atoms with Crippen LogP contribution in [0.25, 0.3) is 21.7 Å². The first kappa shape index (κ1) is 29.4. The molecular weight excluding hydrogens is 550 g/mol. The molecule has 2 N–H and O–H groups in total. The number of hydrogen-bond acceptors (Lipinski definition) is 6. The van der Waals surface area contributed by atoms with Crippen LogP contribution in [0.5, 0.6) is 0 Å². The number of amides is 4. The molecular formula is C32H37N5O4S. The number of carbonyl (C=O) groups is 4. The molecule has 4 amide bonds. The molecule has 0 bridgehead atoms. The van der Waals surface area contributed by atoms with Gasteiger partial charge in [-0.05, 0) is 62.4 Å². The average Bonchev–Trinajstić information content (AvgIpc) is 3.70. The van der Waals surface area contributed by atoms with E-state index in [4.69, 9.17) is 4.98 Å². The number of rotatable bonds is 8. The van der Waals surface area contributed by atoms with E-state index in [-0.39, 0.29) is 35.7 Å². The normalized spacial score (nSPS) is 18.3. The summed E-state index contributed by atoms with van der Waals surface area (Å²) in [6.07, 6.45) is 4.17. The SMILES string of the molecule is CC(=O)N1CCC[C@H]1CC(=O)Nc1ccc(-c2nc(C)sc2-c2ccc(NC(=O)C[C@@H]3CCCN3C(C)=O)cc2)cc1. The predicted molar refractivity (Wildman–Crippen MR) is 165 cm³/mol. The Morgan fingerprint density at radius 1 is 0.762 bits per heavy atom. The highest BCUT2D eigenvalue weighted by Crippen LogP contribution is 2.37. The number of anilines is 2. The maximum atomic E-state index is 12.7. The number of carbonyl (C=O) groups excluding carboxylic acids is 4. The quantitative estimate of drug-likeness (QED) is 0.363. The van der Waals surface area contributed by atoms with Crippen LogP contribution in [-0.2, 0) is 19.2 Å². The van der Waals surface area contributed by atoms with Gasteiger partial charge in [0.25, 0.3) is 0 Å². The van der Waals surface area contributed by atoms with Crippen molar-refractivity contribution in [3.05, 3.63) is 53.5 Å². The number of thiazole rings is 1. The zero-order chi connectivity index (χ0) is 29.8. The van der Waals surface area contributed by atoms with Crippen LogP contribution in [0, 0.1) is 6.92 Å². The number of aryl methyl sites for hydroxylation is 1. The van der Waals surface area contributed by atoms with Gasteiger partial charge in [-0.3, -0.25) is 19.2 Å². The van der Waals surface area contributed by atoms with Crippen molar-refractivity contribution in [2.75, 3.05) is 23.7 Å². The smallest absolute Gasteiger partial charge is 0.226 e. The van der Waals surface area contributed by atoms with Gasteiger partial charge < -0.3 is 20.4 Å². The lowest BCUT2D eigenvalue weighted by Crippen LogP contribution is -2.36. The molecule has 0 aliphatic carbocycles. The van der Waals surface area contributed by atoms with Crippen LogP contribution in [-0.4, -0.2) is 63.6 Å². The minimum Gasteiger partial charge on any atom is -0.339 e. The van der Waals surface area contributed by atoms with Gasteiger partial charge in [-0.2, -0.15) is 0 Å². The number of likely N-dealkylation sites (tertiary alicyclic amines) is 2. The first-order valence-corrected chi connectivity index (χ1v) is 15.3. The van der Waals surface area contributed by atoms with Crippen molar-refractivity contribution in [1.82, 2.24) is 14.8 Å². The number of benzene rings is 2. The molecule has 3 aromatic rings. The van der Waals surface area contributed by atoms with Crippen molar-refractivity contribution in [1.29, 1.82) is 0 Å². The van der Waals surface area contributed by atoms with E-state index in [9.17, 15) is 19.2 Å². The van der Waals surface area contributed by atoms with Crippen molar-refractivity contribution in [2.45, 2.75) is 71.4 Å². The molecule has 2 aliphatic heterocycles. The fourth-order valence-electron chi connectivity index (χ4n) is 6.01. The van der Waals surface area contributed by atoms with Crippen LogP contribution in [0.3, 0.4) is 0 Å². The van der Waals surface area contributed by atoms with E-state index in [1.54, 1.807) is 35.0 Å². The number of aromatic nitrogens is 1. The predicted octanol–water partition coefficient (Wildman–Crippen LogP) is 5.46. The summed E-state index contributed by atoms with van der Waals surface area (Å²) in [6, 6.07) is 15.3. The zero-order valence-corrected chi connectivity index (χ0v) is 25.1. The molecule has 0 unspecified atom stereocenters. The van der Waals surface area contributed by atoms with Crippen LogP contribution in [0.1, 0.15) is 57.4 Å². The van der Waals surface area contributed by atoms with Gasteiger partial charge in [-0.15, -0.1) is 11.3 Å².